The van der Waals surface area contributed by atoms with Gasteiger partial charge in [0.25, 0.3) is 0 Å². The van der Waals surface area contributed by atoms with Crippen molar-refractivity contribution in [1.29, 1.82) is 0 Å². The van der Waals surface area contributed by atoms with E-state index in [1.165, 1.54) is 11.8 Å². The molecule has 0 aromatic heterocycles. The molecule has 0 unspecified atom stereocenters. The van der Waals surface area contributed by atoms with Crippen molar-refractivity contribution in [3.63, 3.8) is 0 Å². The van der Waals surface area contributed by atoms with Gasteiger partial charge in [-0.3, -0.25) is 9.59 Å². The number of thioether (sulfide) groups is 1. The second-order valence-electron chi connectivity index (χ2n) is 6.90. The minimum atomic E-state index is -1.21. The van der Waals surface area contributed by atoms with Gasteiger partial charge in [-0.15, -0.1) is 11.8 Å². The lowest BCUT2D eigenvalue weighted by atomic mass is 9.66. The summed E-state index contributed by atoms with van der Waals surface area (Å²) in [6.45, 7) is 2.54. The topological polar surface area (TPSA) is 66.8 Å². The summed E-state index contributed by atoms with van der Waals surface area (Å²) in [6.07, 6.45) is 3.38. The minimum Gasteiger partial charge on any atom is -0.481 e. The third-order valence-electron chi connectivity index (χ3n) is 5.52. The van der Waals surface area contributed by atoms with Gasteiger partial charge in [0.2, 0.25) is 5.91 Å². The number of likely N-dealkylation sites (tertiary alicyclic amines) is 1. The number of aliphatic carboxylic acids is 1. The van der Waals surface area contributed by atoms with E-state index in [2.05, 4.69) is 0 Å². The van der Waals surface area contributed by atoms with E-state index in [-0.39, 0.29) is 5.91 Å². The average Bonchev–Trinajstić information content (AvgIpc) is 3.15. The standard InChI is InChI=1S/C18H19NO4S/c1-17(16(21)22)13-15(20)19(9-11-6-4-3-5-7-11)10-18(13)8-12(24-2)14(17)23-18/h3-8,13-14H,9-10H2,1-2H3,(H,21,22)/t13-,14-,17+,18+/m1/s1. The quantitative estimate of drug-likeness (QED) is 0.905. The van der Waals surface area contributed by atoms with Gasteiger partial charge >= 0.3 is 5.97 Å². The van der Waals surface area contributed by atoms with Gasteiger partial charge in [-0.1, -0.05) is 30.3 Å². The number of benzene rings is 1. The Morgan fingerprint density at radius 3 is 2.75 bits per heavy atom. The molecular formula is C18H19NO4S. The van der Waals surface area contributed by atoms with Crippen molar-refractivity contribution in [3.8, 4) is 0 Å². The van der Waals surface area contributed by atoms with Crippen LogP contribution in [0, 0.1) is 11.3 Å². The Morgan fingerprint density at radius 2 is 2.12 bits per heavy atom. The Labute approximate surface area is 144 Å². The first kappa shape index (κ1) is 15.7. The summed E-state index contributed by atoms with van der Waals surface area (Å²) < 4.78 is 6.15. The number of hydrogen-bond donors (Lipinski definition) is 1. The molecule has 24 heavy (non-hydrogen) atoms. The van der Waals surface area contributed by atoms with Crippen molar-refractivity contribution >= 4 is 23.6 Å². The zero-order chi connectivity index (χ0) is 17.1. The van der Waals surface area contributed by atoms with Gasteiger partial charge in [0.1, 0.15) is 17.1 Å². The van der Waals surface area contributed by atoms with E-state index in [9.17, 15) is 14.7 Å². The van der Waals surface area contributed by atoms with Crippen molar-refractivity contribution in [2.75, 3.05) is 12.8 Å². The summed E-state index contributed by atoms with van der Waals surface area (Å²) in [6, 6.07) is 9.74. The number of nitrogens with zero attached hydrogens (tertiary/aromatic N) is 1. The highest BCUT2D eigenvalue weighted by Crippen LogP contribution is 2.62. The van der Waals surface area contributed by atoms with Crippen LogP contribution in [0.1, 0.15) is 12.5 Å². The van der Waals surface area contributed by atoms with Crippen molar-refractivity contribution in [2.45, 2.75) is 25.2 Å². The number of carbonyl (C=O) groups is 2. The van der Waals surface area contributed by atoms with E-state index in [1.807, 2.05) is 42.7 Å². The van der Waals surface area contributed by atoms with Crippen LogP contribution in [-0.4, -0.2) is 46.4 Å². The van der Waals surface area contributed by atoms with Crippen LogP contribution in [-0.2, 0) is 20.9 Å². The molecular weight excluding hydrogens is 326 g/mol. The molecule has 3 heterocycles. The molecule has 1 amide bonds. The fourth-order valence-corrected chi connectivity index (χ4v) is 5.22. The predicted octanol–water partition coefficient (Wildman–Crippen LogP) is 2.13. The fourth-order valence-electron chi connectivity index (χ4n) is 4.39. The molecule has 126 valence electrons. The average molecular weight is 345 g/mol. The number of hydrogen-bond acceptors (Lipinski definition) is 4. The second kappa shape index (κ2) is 5.10. The largest absolute Gasteiger partial charge is 0.481 e. The molecule has 0 saturated carbocycles. The monoisotopic (exact) mass is 345 g/mol. The van der Waals surface area contributed by atoms with Crippen LogP contribution in [0.15, 0.2) is 41.3 Å². The molecule has 5 nitrogen and oxygen atoms in total. The molecule has 4 rings (SSSR count). The lowest BCUT2D eigenvalue weighted by molar-refractivity contribution is -0.156. The fraction of sp³-hybridized carbons (Fsp3) is 0.444. The number of rotatable bonds is 4. The molecule has 2 saturated heterocycles. The maximum Gasteiger partial charge on any atom is 0.313 e. The molecule has 6 heteroatoms. The number of carboxylic acids is 1. The van der Waals surface area contributed by atoms with Crippen molar-refractivity contribution in [3.05, 3.63) is 46.9 Å². The van der Waals surface area contributed by atoms with Crippen LogP contribution in [0.4, 0.5) is 0 Å². The van der Waals surface area contributed by atoms with Gasteiger partial charge in [0.15, 0.2) is 0 Å². The van der Waals surface area contributed by atoms with Crippen LogP contribution in [0.2, 0.25) is 0 Å². The summed E-state index contributed by atoms with van der Waals surface area (Å²) in [5.41, 5.74) is -0.986. The molecule has 3 aliphatic heterocycles. The molecule has 1 aromatic rings. The lowest BCUT2D eigenvalue weighted by Crippen LogP contribution is -2.48. The number of fused-ring (bicyclic) bond motifs is 1. The molecule has 0 aliphatic carbocycles. The number of carboxylic acid groups (broad SMARTS) is 1. The van der Waals surface area contributed by atoms with Crippen LogP contribution in [0.5, 0.6) is 0 Å². The van der Waals surface area contributed by atoms with E-state index in [0.29, 0.717) is 13.1 Å². The number of amides is 1. The Bertz CT molecular complexity index is 749. The van der Waals surface area contributed by atoms with Crippen LogP contribution >= 0.6 is 11.8 Å². The normalized spacial score (nSPS) is 36.8. The molecule has 1 aromatic carbocycles. The van der Waals surface area contributed by atoms with Crippen LogP contribution < -0.4 is 0 Å². The molecule has 1 N–H and O–H groups in total. The molecule has 0 radical (unpaired) electrons. The molecule has 4 atom stereocenters. The highest BCUT2D eigenvalue weighted by atomic mass is 32.2. The van der Waals surface area contributed by atoms with Crippen molar-refractivity contribution < 1.29 is 19.4 Å². The summed E-state index contributed by atoms with van der Waals surface area (Å²) in [7, 11) is 0. The minimum absolute atomic E-state index is 0.123. The zero-order valence-corrected chi connectivity index (χ0v) is 14.4. The first-order chi connectivity index (χ1) is 11.4. The number of carbonyl (C=O) groups excluding carboxylic acids is 1. The molecule has 2 fully saturated rings. The maximum atomic E-state index is 13.0. The van der Waals surface area contributed by atoms with E-state index < -0.39 is 29.0 Å². The van der Waals surface area contributed by atoms with E-state index >= 15 is 0 Å². The third kappa shape index (κ3) is 1.87. The Hall–Kier alpha value is -1.79. The van der Waals surface area contributed by atoms with E-state index in [0.717, 1.165) is 10.5 Å². The van der Waals surface area contributed by atoms with Crippen LogP contribution in [0.3, 0.4) is 0 Å². The van der Waals surface area contributed by atoms with Gasteiger partial charge in [-0.25, -0.2) is 0 Å². The highest BCUT2D eigenvalue weighted by molar-refractivity contribution is 8.02. The number of ether oxygens (including phenoxy) is 1. The van der Waals surface area contributed by atoms with Gasteiger partial charge in [-0.2, -0.15) is 0 Å². The summed E-state index contributed by atoms with van der Waals surface area (Å²) >= 11 is 1.51. The van der Waals surface area contributed by atoms with E-state index in [4.69, 9.17) is 4.74 Å². The third-order valence-corrected chi connectivity index (χ3v) is 6.33. The SMILES string of the molecule is CSC1=C[C@]23CN(Cc4ccccc4)C(=O)[C@@H]2[C@](C)(C(=O)O)[C@@H]1O3. The maximum absolute atomic E-state index is 13.0. The van der Waals surface area contributed by atoms with Gasteiger partial charge in [-0.05, 0) is 24.8 Å². The van der Waals surface area contributed by atoms with Crippen molar-refractivity contribution in [2.24, 2.45) is 11.3 Å². The first-order valence-electron chi connectivity index (χ1n) is 7.93. The van der Waals surface area contributed by atoms with Gasteiger partial charge in [0, 0.05) is 11.4 Å². The van der Waals surface area contributed by atoms with Crippen molar-refractivity contribution in [1.82, 2.24) is 4.90 Å². The highest BCUT2D eigenvalue weighted by Gasteiger charge is 2.74. The van der Waals surface area contributed by atoms with Gasteiger partial charge < -0.3 is 14.7 Å². The molecule has 2 bridgehead atoms. The van der Waals surface area contributed by atoms with Crippen LogP contribution in [0.25, 0.3) is 0 Å². The Morgan fingerprint density at radius 1 is 1.42 bits per heavy atom. The Balaban J connectivity index is 1.72. The first-order valence-corrected chi connectivity index (χ1v) is 9.15. The predicted molar refractivity (Wildman–Crippen MR) is 90.3 cm³/mol. The lowest BCUT2D eigenvalue weighted by Gasteiger charge is -2.33. The molecule has 3 aliphatic rings. The van der Waals surface area contributed by atoms with Gasteiger partial charge in [0.05, 0.1) is 12.5 Å². The molecule has 1 spiro atoms. The second-order valence-corrected chi connectivity index (χ2v) is 7.78. The summed E-state index contributed by atoms with van der Waals surface area (Å²) in [5, 5.41) is 9.86. The zero-order valence-electron chi connectivity index (χ0n) is 13.6. The summed E-state index contributed by atoms with van der Waals surface area (Å²) in [4.78, 5) is 27.7. The smallest absolute Gasteiger partial charge is 0.313 e. The summed E-state index contributed by atoms with van der Waals surface area (Å²) in [5.74, 6) is -1.75. The van der Waals surface area contributed by atoms with E-state index in [1.54, 1.807) is 11.8 Å². The Kier molecular flexibility index (Phi) is 3.34.